The largest absolute Gasteiger partial charge is 0.497 e. The molecule has 1 atom stereocenters. The number of pyridine rings is 1. The van der Waals surface area contributed by atoms with E-state index in [1.54, 1.807) is 25.0 Å². The van der Waals surface area contributed by atoms with Crippen LogP contribution in [0.5, 0.6) is 5.75 Å². The lowest BCUT2D eigenvalue weighted by molar-refractivity contribution is -0.140. The number of piperidine rings is 1. The lowest BCUT2D eigenvalue weighted by atomic mass is 10.0. The Hall–Kier alpha value is -3.41. The average molecular weight is 418 g/mol. The van der Waals surface area contributed by atoms with Crippen molar-refractivity contribution in [2.24, 2.45) is 0 Å². The molecular formula is C25H26N2O4. The van der Waals surface area contributed by atoms with E-state index in [1.807, 2.05) is 48.5 Å². The zero-order chi connectivity index (χ0) is 21.8. The van der Waals surface area contributed by atoms with Crippen molar-refractivity contribution in [2.75, 3.05) is 20.2 Å². The van der Waals surface area contributed by atoms with Crippen molar-refractivity contribution in [1.82, 2.24) is 9.88 Å². The van der Waals surface area contributed by atoms with Crippen LogP contribution < -0.4 is 4.74 Å². The van der Waals surface area contributed by atoms with Gasteiger partial charge in [-0.1, -0.05) is 18.2 Å². The molecule has 0 bridgehead atoms. The van der Waals surface area contributed by atoms with Gasteiger partial charge >= 0.3 is 5.97 Å². The molecule has 1 amide bonds. The highest BCUT2D eigenvalue weighted by atomic mass is 16.5. The number of methoxy groups -OCH3 is 1. The van der Waals surface area contributed by atoms with Gasteiger partial charge in [0.1, 0.15) is 5.75 Å². The quantitative estimate of drug-likeness (QED) is 0.572. The van der Waals surface area contributed by atoms with Crippen LogP contribution in [-0.4, -0.2) is 48.1 Å². The summed E-state index contributed by atoms with van der Waals surface area (Å²) in [6, 6.07) is 16.7. The number of rotatable bonds is 5. The van der Waals surface area contributed by atoms with E-state index in [0.717, 1.165) is 43.7 Å². The molecule has 0 spiro atoms. The number of esters is 1. The zero-order valence-corrected chi connectivity index (χ0v) is 17.8. The normalized spacial score (nSPS) is 14.8. The van der Waals surface area contributed by atoms with E-state index in [0.29, 0.717) is 22.2 Å². The third kappa shape index (κ3) is 4.53. The van der Waals surface area contributed by atoms with Crippen LogP contribution in [0.15, 0.2) is 54.6 Å². The number of ether oxygens (including phenoxy) is 2. The Kier molecular flexibility index (Phi) is 6.16. The molecule has 6 heteroatoms. The molecule has 4 rings (SSSR count). The van der Waals surface area contributed by atoms with Gasteiger partial charge in [0, 0.05) is 24.0 Å². The molecule has 0 radical (unpaired) electrons. The van der Waals surface area contributed by atoms with Gasteiger partial charge in [0.05, 0.1) is 23.9 Å². The Morgan fingerprint density at radius 3 is 2.42 bits per heavy atom. The topological polar surface area (TPSA) is 68.7 Å². The summed E-state index contributed by atoms with van der Waals surface area (Å²) < 4.78 is 10.8. The molecule has 160 valence electrons. The number of nitrogens with zero attached hydrogens (tertiary/aromatic N) is 2. The van der Waals surface area contributed by atoms with Gasteiger partial charge in [0.15, 0.2) is 6.10 Å². The summed E-state index contributed by atoms with van der Waals surface area (Å²) in [5.74, 6) is 0.0854. The molecule has 1 saturated heterocycles. The Balaban J connectivity index is 1.63. The maximum Gasteiger partial charge on any atom is 0.339 e. The Morgan fingerprint density at radius 1 is 1.00 bits per heavy atom. The molecule has 6 nitrogen and oxygen atoms in total. The number of amides is 1. The molecule has 1 fully saturated rings. The first-order valence-corrected chi connectivity index (χ1v) is 10.6. The van der Waals surface area contributed by atoms with Crippen LogP contribution in [0.2, 0.25) is 0 Å². The number of hydrogen-bond donors (Lipinski definition) is 0. The minimum absolute atomic E-state index is 0.137. The molecule has 0 aliphatic carbocycles. The summed E-state index contributed by atoms with van der Waals surface area (Å²) in [4.78, 5) is 32.3. The first kappa shape index (κ1) is 20.8. The van der Waals surface area contributed by atoms with Crippen molar-refractivity contribution in [3.05, 3.63) is 60.2 Å². The Bertz CT molecular complexity index is 1090. The summed E-state index contributed by atoms with van der Waals surface area (Å²) >= 11 is 0. The number of para-hydroxylation sites is 1. The number of carbonyl (C=O) groups is 2. The predicted octanol–water partition coefficient (Wildman–Crippen LogP) is 4.47. The second-order valence-corrected chi connectivity index (χ2v) is 7.73. The maximum absolute atomic E-state index is 13.1. The molecule has 0 saturated carbocycles. The van der Waals surface area contributed by atoms with Gasteiger partial charge in [-0.05, 0) is 62.6 Å². The summed E-state index contributed by atoms with van der Waals surface area (Å²) in [5.41, 5.74) is 2.61. The van der Waals surface area contributed by atoms with E-state index in [9.17, 15) is 9.59 Å². The van der Waals surface area contributed by atoms with Crippen molar-refractivity contribution < 1.29 is 19.1 Å². The van der Waals surface area contributed by atoms with Gasteiger partial charge in [-0.15, -0.1) is 0 Å². The number of aromatic nitrogens is 1. The minimum Gasteiger partial charge on any atom is -0.497 e. The van der Waals surface area contributed by atoms with Gasteiger partial charge in [-0.3, -0.25) is 4.79 Å². The molecule has 1 aliphatic rings. The Morgan fingerprint density at radius 2 is 1.71 bits per heavy atom. The highest BCUT2D eigenvalue weighted by Gasteiger charge is 2.26. The van der Waals surface area contributed by atoms with Crippen LogP contribution in [0.1, 0.15) is 36.5 Å². The fraction of sp³-hybridized carbons (Fsp3) is 0.320. The van der Waals surface area contributed by atoms with Crippen LogP contribution in [-0.2, 0) is 9.53 Å². The van der Waals surface area contributed by atoms with Crippen LogP contribution in [0.3, 0.4) is 0 Å². The van der Waals surface area contributed by atoms with Gasteiger partial charge in [-0.2, -0.15) is 0 Å². The first-order valence-electron chi connectivity index (χ1n) is 10.6. The minimum atomic E-state index is -0.832. The van der Waals surface area contributed by atoms with Gasteiger partial charge < -0.3 is 14.4 Å². The van der Waals surface area contributed by atoms with E-state index in [4.69, 9.17) is 14.5 Å². The zero-order valence-electron chi connectivity index (χ0n) is 17.8. The van der Waals surface area contributed by atoms with Crippen LogP contribution in [0, 0.1) is 0 Å². The lowest BCUT2D eigenvalue weighted by Gasteiger charge is -2.29. The summed E-state index contributed by atoms with van der Waals surface area (Å²) in [6.45, 7) is 3.09. The second kappa shape index (κ2) is 9.16. The van der Waals surface area contributed by atoms with Crippen molar-refractivity contribution >= 4 is 22.8 Å². The molecule has 2 aromatic carbocycles. The predicted molar refractivity (Wildman–Crippen MR) is 119 cm³/mol. The van der Waals surface area contributed by atoms with Crippen LogP contribution >= 0.6 is 0 Å². The molecule has 0 N–H and O–H groups in total. The van der Waals surface area contributed by atoms with Crippen molar-refractivity contribution in [3.63, 3.8) is 0 Å². The van der Waals surface area contributed by atoms with Crippen molar-refractivity contribution in [3.8, 4) is 17.0 Å². The second-order valence-electron chi connectivity index (χ2n) is 7.73. The summed E-state index contributed by atoms with van der Waals surface area (Å²) in [5, 5.41) is 0.697. The maximum atomic E-state index is 13.1. The van der Waals surface area contributed by atoms with E-state index in [2.05, 4.69) is 0 Å². The summed E-state index contributed by atoms with van der Waals surface area (Å²) in [6.07, 6.45) is 2.29. The number of carbonyl (C=O) groups excluding carboxylic acids is 2. The van der Waals surface area contributed by atoms with Crippen molar-refractivity contribution in [2.45, 2.75) is 32.3 Å². The Labute approximate surface area is 181 Å². The monoisotopic (exact) mass is 418 g/mol. The molecular weight excluding hydrogens is 392 g/mol. The van der Waals surface area contributed by atoms with Crippen molar-refractivity contribution in [1.29, 1.82) is 0 Å². The smallest absolute Gasteiger partial charge is 0.339 e. The highest BCUT2D eigenvalue weighted by Crippen LogP contribution is 2.27. The molecule has 2 heterocycles. The SMILES string of the molecule is COc1ccc(-c2cc(C(=O)O[C@H](C)C(=O)N3CCCCC3)c3ccccc3n2)cc1. The molecule has 1 aliphatic heterocycles. The van der Waals surface area contributed by atoms with Gasteiger partial charge in [0.2, 0.25) is 0 Å². The van der Waals surface area contributed by atoms with Gasteiger partial charge in [-0.25, -0.2) is 9.78 Å². The fourth-order valence-corrected chi connectivity index (χ4v) is 3.90. The number of likely N-dealkylation sites (tertiary alicyclic amines) is 1. The highest BCUT2D eigenvalue weighted by molar-refractivity contribution is 6.05. The third-order valence-electron chi connectivity index (χ3n) is 5.62. The fourth-order valence-electron chi connectivity index (χ4n) is 3.90. The van der Waals surface area contributed by atoms with E-state index in [1.165, 1.54) is 0 Å². The van der Waals surface area contributed by atoms with E-state index >= 15 is 0 Å². The molecule has 1 aromatic heterocycles. The van der Waals surface area contributed by atoms with Crippen LogP contribution in [0.25, 0.3) is 22.2 Å². The first-order chi connectivity index (χ1) is 15.1. The number of benzene rings is 2. The van der Waals surface area contributed by atoms with Crippen LogP contribution in [0.4, 0.5) is 0 Å². The lowest BCUT2D eigenvalue weighted by Crippen LogP contribution is -2.42. The third-order valence-corrected chi connectivity index (χ3v) is 5.62. The standard InChI is InChI=1S/C25H26N2O4/c1-17(24(28)27-14-6-3-7-15-27)31-25(29)21-16-23(18-10-12-19(30-2)13-11-18)26-22-9-5-4-8-20(21)22/h4-5,8-13,16-17H,3,6-7,14-15H2,1-2H3/t17-/m1/s1. The van der Waals surface area contributed by atoms with E-state index in [-0.39, 0.29) is 5.91 Å². The number of fused-ring (bicyclic) bond motifs is 1. The van der Waals surface area contributed by atoms with Gasteiger partial charge in [0.25, 0.3) is 5.91 Å². The average Bonchev–Trinajstić information content (AvgIpc) is 2.83. The summed E-state index contributed by atoms with van der Waals surface area (Å²) in [7, 11) is 1.61. The molecule has 0 unspecified atom stereocenters. The molecule has 31 heavy (non-hydrogen) atoms. The van der Waals surface area contributed by atoms with E-state index < -0.39 is 12.1 Å². The number of hydrogen-bond acceptors (Lipinski definition) is 5. The molecule has 3 aromatic rings.